The average Bonchev–Trinajstić information content (AvgIpc) is 2.78. The number of hydrogen-bond donors (Lipinski definition) is 2. The lowest BCUT2D eigenvalue weighted by Crippen LogP contribution is -2.47. The van der Waals surface area contributed by atoms with Crippen molar-refractivity contribution in [2.45, 2.75) is 59.2 Å². The summed E-state index contributed by atoms with van der Waals surface area (Å²) < 4.78 is 6.11. The Morgan fingerprint density at radius 1 is 1.36 bits per heavy atom. The number of rotatable bonds is 6. The standard InChI is InChI=1S/C16H27ClN2O2S/c1-10(2)13(19-15(20)21-16(4,5)6)8-18-11(3)12-7-14(17)22-9-12/h7,9-11,13,18H,8H2,1-6H3,(H,19,20). The molecule has 1 heterocycles. The molecule has 0 aliphatic heterocycles. The predicted molar refractivity (Wildman–Crippen MR) is 93.7 cm³/mol. The van der Waals surface area contributed by atoms with E-state index >= 15 is 0 Å². The molecule has 0 saturated carbocycles. The zero-order valence-corrected chi connectivity index (χ0v) is 15.8. The van der Waals surface area contributed by atoms with Crippen LogP contribution in [0.5, 0.6) is 0 Å². The minimum Gasteiger partial charge on any atom is -0.444 e. The first-order chi connectivity index (χ1) is 10.1. The zero-order chi connectivity index (χ0) is 16.9. The second-order valence-electron chi connectivity index (χ2n) is 6.81. The summed E-state index contributed by atoms with van der Waals surface area (Å²) in [7, 11) is 0. The molecule has 0 aliphatic rings. The highest BCUT2D eigenvalue weighted by atomic mass is 35.5. The van der Waals surface area contributed by atoms with E-state index in [0.29, 0.717) is 12.5 Å². The number of carbonyl (C=O) groups excluding carboxylic acids is 1. The van der Waals surface area contributed by atoms with E-state index in [0.717, 1.165) is 9.90 Å². The van der Waals surface area contributed by atoms with Gasteiger partial charge in [0.05, 0.1) is 4.34 Å². The average molecular weight is 347 g/mol. The number of nitrogens with one attached hydrogen (secondary N) is 2. The summed E-state index contributed by atoms with van der Waals surface area (Å²) in [5.41, 5.74) is 0.675. The van der Waals surface area contributed by atoms with Crippen LogP contribution in [0.15, 0.2) is 11.4 Å². The van der Waals surface area contributed by atoms with Crippen molar-refractivity contribution in [1.82, 2.24) is 10.6 Å². The molecule has 0 bridgehead atoms. The van der Waals surface area contributed by atoms with Crippen molar-refractivity contribution >= 4 is 29.0 Å². The van der Waals surface area contributed by atoms with E-state index < -0.39 is 5.60 Å². The molecule has 2 unspecified atom stereocenters. The van der Waals surface area contributed by atoms with Gasteiger partial charge >= 0.3 is 6.09 Å². The number of hydrogen-bond acceptors (Lipinski definition) is 4. The monoisotopic (exact) mass is 346 g/mol. The van der Waals surface area contributed by atoms with Crippen LogP contribution in [0.3, 0.4) is 0 Å². The molecule has 0 radical (unpaired) electrons. The largest absolute Gasteiger partial charge is 0.444 e. The summed E-state index contributed by atoms with van der Waals surface area (Å²) >= 11 is 7.49. The molecule has 0 saturated heterocycles. The molecule has 1 rings (SSSR count). The Kier molecular flexibility index (Phi) is 7.16. The minimum atomic E-state index is -0.486. The van der Waals surface area contributed by atoms with Crippen LogP contribution in [-0.4, -0.2) is 24.3 Å². The van der Waals surface area contributed by atoms with Crippen molar-refractivity contribution in [3.63, 3.8) is 0 Å². The highest BCUT2D eigenvalue weighted by molar-refractivity contribution is 7.14. The molecule has 6 heteroatoms. The van der Waals surface area contributed by atoms with E-state index in [1.54, 1.807) is 0 Å². The van der Waals surface area contributed by atoms with Crippen LogP contribution >= 0.6 is 22.9 Å². The molecule has 0 spiro atoms. The summed E-state index contributed by atoms with van der Waals surface area (Å²) in [4.78, 5) is 11.9. The maximum absolute atomic E-state index is 11.9. The number of amides is 1. The van der Waals surface area contributed by atoms with Gasteiger partial charge in [0, 0.05) is 18.6 Å². The molecule has 1 amide bonds. The van der Waals surface area contributed by atoms with Crippen LogP contribution in [0.1, 0.15) is 53.1 Å². The number of ether oxygens (including phenoxy) is 1. The van der Waals surface area contributed by atoms with Gasteiger partial charge in [-0.25, -0.2) is 4.79 Å². The van der Waals surface area contributed by atoms with E-state index in [1.807, 2.05) is 32.2 Å². The zero-order valence-electron chi connectivity index (χ0n) is 14.2. The SMILES string of the molecule is CC(NCC(NC(=O)OC(C)(C)C)C(C)C)c1csc(Cl)c1. The highest BCUT2D eigenvalue weighted by Gasteiger charge is 2.22. The Hall–Kier alpha value is -0.780. The Bertz CT molecular complexity index is 483. The van der Waals surface area contributed by atoms with Crippen LogP contribution in [0.25, 0.3) is 0 Å². The van der Waals surface area contributed by atoms with Gasteiger partial charge in [0.2, 0.25) is 0 Å². The van der Waals surface area contributed by atoms with Crippen molar-refractivity contribution in [2.75, 3.05) is 6.54 Å². The third-order valence-corrected chi connectivity index (χ3v) is 4.35. The normalized spacial score (nSPS) is 14.7. The van der Waals surface area contributed by atoms with Crippen LogP contribution in [0.4, 0.5) is 4.79 Å². The van der Waals surface area contributed by atoms with E-state index in [9.17, 15) is 4.79 Å². The van der Waals surface area contributed by atoms with Gasteiger partial charge in [0.15, 0.2) is 0 Å². The molecular weight excluding hydrogens is 320 g/mol. The molecule has 0 aliphatic carbocycles. The van der Waals surface area contributed by atoms with Crippen LogP contribution < -0.4 is 10.6 Å². The molecule has 0 fully saturated rings. The van der Waals surface area contributed by atoms with Gasteiger partial charge in [0.25, 0.3) is 0 Å². The van der Waals surface area contributed by atoms with E-state index in [-0.39, 0.29) is 18.2 Å². The Morgan fingerprint density at radius 2 is 2.00 bits per heavy atom. The van der Waals surface area contributed by atoms with Crippen molar-refractivity contribution in [2.24, 2.45) is 5.92 Å². The minimum absolute atomic E-state index is 0.00593. The Labute approximate surface area is 142 Å². The van der Waals surface area contributed by atoms with Gasteiger partial charge in [-0.1, -0.05) is 25.4 Å². The Morgan fingerprint density at radius 3 is 2.45 bits per heavy atom. The predicted octanol–water partition coefficient (Wildman–Crippen LogP) is 4.60. The molecule has 4 nitrogen and oxygen atoms in total. The molecule has 2 atom stereocenters. The third-order valence-electron chi connectivity index (χ3n) is 3.24. The molecule has 2 N–H and O–H groups in total. The molecule has 126 valence electrons. The van der Waals surface area contributed by atoms with E-state index in [4.69, 9.17) is 16.3 Å². The number of carbonyl (C=O) groups is 1. The van der Waals surface area contributed by atoms with Crippen molar-refractivity contribution in [3.05, 3.63) is 21.3 Å². The lowest BCUT2D eigenvalue weighted by molar-refractivity contribution is 0.0489. The Balaban J connectivity index is 2.52. The smallest absolute Gasteiger partial charge is 0.407 e. The van der Waals surface area contributed by atoms with E-state index in [2.05, 4.69) is 31.4 Å². The summed E-state index contributed by atoms with van der Waals surface area (Å²) in [6, 6.07) is 2.16. The third kappa shape index (κ3) is 6.99. The second-order valence-corrected chi connectivity index (χ2v) is 8.35. The lowest BCUT2D eigenvalue weighted by atomic mass is 10.0. The summed E-state index contributed by atoms with van der Waals surface area (Å²) in [6.45, 7) is 12.5. The summed E-state index contributed by atoms with van der Waals surface area (Å²) in [5, 5.41) is 8.42. The fraction of sp³-hybridized carbons (Fsp3) is 0.688. The van der Waals surface area contributed by atoms with Crippen LogP contribution in [0, 0.1) is 5.92 Å². The number of alkyl carbamates (subject to hydrolysis) is 1. The van der Waals surface area contributed by atoms with Crippen molar-refractivity contribution in [1.29, 1.82) is 0 Å². The maximum atomic E-state index is 11.9. The first kappa shape index (κ1) is 19.3. The van der Waals surface area contributed by atoms with Crippen LogP contribution in [0.2, 0.25) is 4.34 Å². The number of halogens is 1. The lowest BCUT2D eigenvalue weighted by Gasteiger charge is -2.27. The summed E-state index contributed by atoms with van der Waals surface area (Å²) in [6.07, 6.45) is -0.376. The van der Waals surface area contributed by atoms with E-state index in [1.165, 1.54) is 11.3 Å². The van der Waals surface area contributed by atoms with Crippen LogP contribution in [-0.2, 0) is 4.74 Å². The highest BCUT2D eigenvalue weighted by Crippen LogP contribution is 2.24. The molecule has 22 heavy (non-hydrogen) atoms. The maximum Gasteiger partial charge on any atom is 0.407 e. The quantitative estimate of drug-likeness (QED) is 0.791. The van der Waals surface area contributed by atoms with Gasteiger partial charge in [-0.3, -0.25) is 0 Å². The van der Waals surface area contributed by atoms with Crippen molar-refractivity contribution < 1.29 is 9.53 Å². The fourth-order valence-corrected chi connectivity index (χ4v) is 2.87. The first-order valence-corrected chi connectivity index (χ1v) is 8.81. The topological polar surface area (TPSA) is 50.4 Å². The summed E-state index contributed by atoms with van der Waals surface area (Å²) in [5.74, 6) is 0.304. The molecule has 1 aromatic heterocycles. The number of thiophene rings is 1. The van der Waals surface area contributed by atoms with Gasteiger partial charge < -0.3 is 15.4 Å². The van der Waals surface area contributed by atoms with Gasteiger partial charge in [-0.2, -0.15) is 0 Å². The van der Waals surface area contributed by atoms with Gasteiger partial charge in [-0.05, 0) is 50.6 Å². The molecule has 1 aromatic rings. The fourth-order valence-electron chi connectivity index (χ4n) is 1.88. The molecule has 0 aromatic carbocycles. The van der Waals surface area contributed by atoms with Gasteiger partial charge in [0.1, 0.15) is 5.60 Å². The van der Waals surface area contributed by atoms with Crippen molar-refractivity contribution in [3.8, 4) is 0 Å². The second kappa shape index (κ2) is 8.18. The molecular formula is C16H27ClN2O2S. The van der Waals surface area contributed by atoms with Gasteiger partial charge in [-0.15, -0.1) is 11.3 Å². The first-order valence-electron chi connectivity index (χ1n) is 7.55.